The van der Waals surface area contributed by atoms with Crippen molar-refractivity contribution in [2.24, 2.45) is 11.8 Å². The molecule has 3 N–H and O–H groups in total. The summed E-state index contributed by atoms with van der Waals surface area (Å²) in [5.74, 6) is 5.60. The number of hydrazine groups is 1. The van der Waals surface area contributed by atoms with Crippen molar-refractivity contribution in [3.05, 3.63) is 33.9 Å². The molecule has 1 atom stereocenters. The SMILES string of the molecule is CC1CCCN(C(=O)c2cc(NN)ccc2[N+](=O)[O-])CC1. The normalized spacial score (nSPS) is 19.0. The Morgan fingerprint density at radius 2 is 2.19 bits per heavy atom. The van der Waals surface area contributed by atoms with Crippen molar-refractivity contribution in [3.8, 4) is 0 Å². The zero-order chi connectivity index (χ0) is 15.4. The van der Waals surface area contributed by atoms with E-state index in [1.165, 1.54) is 18.2 Å². The fourth-order valence-corrected chi connectivity index (χ4v) is 2.59. The molecule has 1 unspecified atom stereocenters. The third kappa shape index (κ3) is 3.49. The highest BCUT2D eigenvalue weighted by Crippen LogP contribution is 2.25. The summed E-state index contributed by atoms with van der Waals surface area (Å²) >= 11 is 0. The first-order valence-corrected chi connectivity index (χ1v) is 7.07. The molecule has 114 valence electrons. The lowest BCUT2D eigenvalue weighted by Gasteiger charge is -2.20. The third-order valence-electron chi connectivity index (χ3n) is 3.89. The molecular weight excluding hydrogens is 272 g/mol. The van der Waals surface area contributed by atoms with Gasteiger partial charge in [0.25, 0.3) is 11.6 Å². The summed E-state index contributed by atoms with van der Waals surface area (Å²) in [5, 5.41) is 11.1. The van der Waals surface area contributed by atoms with Crippen LogP contribution in [0.5, 0.6) is 0 Å². The molecule has 0 aliphatic carbocycles. The first-order valence-electron chi connectivity index (χ1n) is 7.07. The highest BCUT2D eigenvalue weighted by atomic mass is 16.6. The monoisotopic (exact) mass is 292 g/mol. The number of rotatable bonds is 3. The maximum atomic E-state index is 12.6. The number of carbonyl (C=O) groups excluding carboxylic acids is 1. The molecule has 0 saturated carbocycles. The molecule has 1 fully saturated rings. The van der Waals surface area contributed by atoms with Crippen LogP contribution in [0, 0.1) is 16.0 Å². The van der Waals surface area contributed by atoms with Crippen molar-refractivity contribution >= 4 is 17.3 Å². The molecule has 7 nitrogen and oxygen atoms in total. The number of hydrogen-bond acceptors (Lipinski definition) is 5. The van der Waals surface area contributed by atoms with E-state index in [0.717, 1.165) is 19.3 Å². The van der Waals surface area contributed by atoms with Crippen LogP contribution in [0.1, 0.15) is 36.5 Å². The number of nitrogens with one attached hydrogen (secondary N) is 1. The van der Waals surface area contributed by atoms with Gasteiger partial charge >= 0.3 is 0 Å². The van der Waals surface area contributed by atoms with Crippen molar-refractivity contribution in [2.75, 3.05) is 18.5 Å². The van der Waals surface area contributed by atoms with Crippen LogP contribution < -0.4 is 11.3 Å². The highest BCUT2D eigenvalue weighted by molar-refractivity contribution is 5.99. The maximum Gasteiger partial charge on any atom is 0.282 e. The summed E-state index contributed by atoms with van der Waals surface area (Å²) < 4.78 is 0. The molecule has 7 heteroatoms. The minimum absolute atomic E-state index is 0.0880. The smallest absolute Gasteiger partial charge is 0.282 e. The maximum absolute atomic E-state index is 12.6. The topological polar surface area (TPSA) is 102 Å². The van der Waals surface area contributed by atoms with Crippen molar-refractivity contribution < 1.29 is 9.72 Å². The number of nitro groups is 1. The highest BCUT2D eigenvalue weighted by Gasteiger charge is 2.26. The van der Waals surface area contributed by atoms with Gasteiger partial charge in [-0.15, -0.1) is 0 Å². The molecule has 2 rings (SSSR count). The number of likely N-dealkylation sites (tertiary alicyclic amines) is 1. The van der Waals surface area contributed by atoms with Crippen molar-refractivity contribution in [3.63, 3.8) is 0 Å². The Bertz CT molecular complexity index is 547. The van der Waals surface area contributed by atoms with E-state index in [-0.39, 0.29) is 17.2 Å². The van der Waals surface area contributed by atoms with Gasteiger partial charge in [-0.25, -0.2) is 0 Å². The summed E-state index contributed by atoms with van der Waals surface area (Å²) in [5.41, 5.74) is 2.80. The van der Waals surface area contributed by atoms with E-state index in [9.17, 15) is 14.9 Å². The van der Waals surface area contributed by atoms with E-state index in [1.807, 2.05) is 0 Å². The average Bonchev–Trinajstić information content (AvgIpc) is 2.70. The Hall–Kier alpha value is -2.15. The lowest BCUT2D eigenvalue weighted by Crippen LogP contribution is -2.32. The minimum atomic E-state index is -0.534. The van der Waals surface area contributed by atoms with Crippen LogP contribution in [0.2, 0.25) is 0 Å². The van der Waals surface area contributed by atoms with Gasteiger partial charge in [-0.05, 0) is 37.3 Å². The largest absolute Gasteiger partial charge is 0.338 e. The van der Waals surface area contributed by atoms with Gasteiger partial charge < -0.3 is 10.3 Å². The van der Waals surface area contributed by atoms with Crippen LogP contribution in [-0.2, 0) is 0 Å². The number of amides is 1. The van der Waals surface area contributed by atoms with Gasteiger partial charge in [0.1, 0.15) is 5.56 Å². The van der Waals surface area contributed by atoms with Crippen molar-refractivity contribution in [2.45, 2.75) is 26.2 Å². The second-order valence-corrected chi connectivity index (χ2v) is 5.46. The van der Waals surface area contributed by atoms with Gasteiger partial charge in [-0.3, -0.25) is 20.8 Å². The quantitative estimate of drug-likeness (QED) is 0.505. The Labute approximate surface area is 123 Å². The average molecular weight is 292 g/mol. The zero-order valence-electron chi connectivity index (χ0n) is 12.0. The predicted molar refractivity (Wildman–Crippen MR) is 79.8 cm³/mol. The standard InChI is InChI=1S/C14H20N4O3/c1-10-3-2-7-17(8-6-10)14(19)12-9-11(16-15)4-5-13(12)18(20)21/h4-5,9-10,16H,2-3,6-8,15H2,1H3. The number of hydrogen-bond donors (Lipinski definition) is 2. The summed E-state index contributed by atoms with van der Waals surface area (Å²) in [6.07, 6.45) is 2.93. The second-order valence-electron chi connectivity index (χ2n) is 5.46. The molecule has 1 amide bonds. The van der Waals surface area contributed by atoms with Gasteiger partial charge in [0.15, 0.2) is 0 Å². The molecule has 1 aliphatic heterocycles. The fraction of sp³-hybridized carbons (Fsp3) is 0.500. The number of nitrogens with two attached hydrogens (primary N) is 1. The molecule has 1 aromatic carbocycles. The lowest BCUT2D eigenvalue weighted by molar-refractivity contribution is -0.385. The Morgan fingerprint density at radius 3 is 2.86 bits per heavy atom. The van der Waals surface area contributed by atoms with Crippen molar-refractivity contribution in [1.29, 1.82) is 0 Å². The number of nitrogens with zero attached hydrogens (tertiary/aromatic N) is 2. The predicted octanol–water partition coefficient (Wildman–Crippen LogP) is 2.14. The van der Waals surface area contributed by atoms with Crippen LogP contribution >= 0.6 is 0 Å². The van der Waals surface area contributed by atoms with E-state index >= 15 is 0 Å². The number of carbonyl (C=O) groups is 1. The summed E-state index contributed by atoms with van der Waals surface area (Å²) in [6, 6.07) is 4.23. The minimum Gasteiger partial charge on any atom is -0.338 e. The van der Waals surface area contributed by atoms with Gasteiger partial charge in [0.2, 0.25) is 0 Å². The second kappa shape index (κ2) is 6.53. The molecule has 1 heterocycles. The zero-order valence-corrected chi connectivity index (χ0v) is 12.0. The molecule has 0 aromatic heterocycles. The summed E-state index contributed by atoms with van der Waals surface area (Å²) in [6.45, 7) is 3.44. The van der Waals surface area contributed by atoms with Crippen LogP contribution in [0.25, 0.3) is 0 Å². The van der Waals surface area contributed by atoms with E-state index in [1.54, 1.807) is 4.90 Å². The molecule has 0 bridgehead atoms. The van der Waals surface area contributed by atoms with Crippen LogP contribution in [0.4, 0.5) is 11.4 Å². The summed E-state index contributed by atoms with van der Waals surface area (Å²) in [4.78, 5) is 24.9. The molecule has 21 heavy (non-hydrogen) atoms. The Morgan fingerprint density at radius 1 is 1.43 bits per heavy atom. The summed E-state index contributed by atoms with van der Waals surface area (Å²) in [7, 11) is 0. The van der Waals surface area contributed by atoms with Crippen molar-refractivity contribution in [1.82, 2.24) is 4.90 Å². The van der Waals surface area contributed by atoms with Crippen LogP contribution in [0.15, 0.2) is 18.2 Å². The van der Waals surface area contributed by atoms with Crippen LogP contribution in [-0.4, -0.2) is 28.8 Å². The van der Waals surface area contributed by atoms with E-state index < -0.39 is 4.92 Å². The molecular formula is C14H20N4O3. The van der Waals surface area contributed by atoms with E-state index in [2.05, 4.69) is 12.3 Å². The molecule has 1 saturated heterocycles. The van der Waals surface area contributed by atoms with Gasteiger partial charge in [-0.2, -0.15) is 0 Å². The van der Waals surface area contributed by atoms with E-state index in [0.29, 0.717) is 24.7 Å². The lowest BCUT2D eigenvalue weighted by atomic mass is 10.0. The van der Waals surface area contributed by atoms with Gasteiger partial charge in [0.05, 0.1) is 4.92 Å². The number of nitro benzene ring substituents is 1. The first kappa shape index (κ1) is 15.2. The number of anilines is 1. The van der Waals surface area contributed by atoms with Gasteiger partial charge in [0, 0.05) is 24.8 Å². The Kier molecular flexibility index (Phi) is 4.74. The van der Waals surface area contributed by atoms with Crippen LogP contribution in [0.3, 0.4) is 0 Å². The number of benzene rings is 1. The van der Waals surface area contributed by atoms with Gasteiger partial charge in [-0.1, -0.05) is 6.92 Å². The first-order chi connectivity index (χ1) is 10.0. The molecule has 1 aromatic rings. The Balaban J connectivity index is 2.30. The third-order valence-corrected chi connectivity index (χ3v) is 3.89. The number of nitrogen functional groups attached to an aromatic ring is 1. The molecule has 0 spiro atoms. The fourth-order valence-electron chi connectivity index (χ4n) is 2.59. The molecule has 0 radical (unpaired) electrons. The van der Waals surface area contributed by atoms with E-state index in [4.69, 9.17) is 5.84 Å². The molecule has 1 aliphatic rings.